The third-order valence-electron chi connectivity index (χ3n) is 3.72. The minimum atomic E-state index is 0.0174. The van der Waals surface area contributed by atoms with E-state index in [1.165, 1.54) is 57.8 Å². The Morgan fingerprint density at radius 3 is 2.47 bits per heavy atom. The first-order chi connectivity index (χ1) is 7.33. The number of hydrogen-bond acceptors (Lipinski definition) is 1. The second kappa shape index (κ2) is 8.15. The number of aliphatic hydroxyl groups is 1. The molecule has 0 saturated heterocycles. The van der Waals surface area contributed by atoms with Crippen LogP contribution in [0.1, 0.15) is 77.6 Å². The average Bonchev–Trinajstić information content (AvgIpc) is 2.23. The lowest BCUT2D eigenvalue weighted by molar-refractivity contribution is 0.0973. The van der Waals surface area contributed by atoms with Crippen LogP contribution in [0.2, 0.25) is 0 Å². The van der Waals surface area contributed by atoms with Crippen molar-refractivity contribution in [3.63, 3.8) is 0 Å². The molecule has 0 spiro atoms. The normalized spacial score (nSPS) is 26.8. The summed E-state index contributed by atoms with van der Waals surface area (Å²) >= 11 is 0. The molecule has 2 unspecified atom stereocenters. The van der Waals surface area contributed by atoms with Gasteiger partial charge >= 0.3 is 0 Å². The molecule has 0 bridgehead atoms. The highest BCUT2D eigenvalue weighted by Crippen LogP contribution is 2.28. The highest BCUT2D eigenvalue weighted by atomic mass is 16.3. The van der Waals surface area contributed by atoms with Crippen LogP contribution in [0.4, 0.5) is 0 Å². The monoisotopic (exact) mass is 212 g/mol. The van der Waals surface area contributed by atoms with E-state index in [1.807, 2.05) is 0 Å². The standard InChI is InChI=1S/C14H28O/c1-2-3-4-5-6-7-9-13-10-8-11-14(15)12-13/h13-15H,2-12H2,1H3. The van der Waals surface area contributed by atoms with Gasteiger partial charge in [0.05, 0.1) is 6.10 Å². The van der Waals surface area contributed by atoms with Crippen LogP contribution >= 0.6 is 0 Å². The van der Waals surface area contributed by atoms with Gasteiger partial charge in [-0.15, -0.1) is 0 Å². The summed E-state index contributed by atoms with van der Waals surface area (Å²) in [4.78, 5) is 0. The van der Waals surface area contributed by atoms with Gasteiger partial charge in [-0.05, 0) is 18.8 Å². The zero-order chi connectivity index (χ0) is 10.9. The maximum absolute atomic E-state index is 9.55. The molecular formula is C14H28O. The first kappa shape index (κ1) is 13.0. The predicted molar refractivity (Wildman–Crippen MR) is 66.0 cm³/mol. The Balaban J connectivity index is 1.90. The van der Waals surface area contributed by atoms with Crippen LogP contribution in [0.25, 0.3) is 0 Å². The third kappa shape index (κ3) is 6.19. The zero-order valence-corrected chi connectivity index (χ0v) is 10.4. The molecule has 1 N–H and O–H groups in total. The molecule has 0 amide bonds. The van der Waals surface area contributed by atoms with Crippen LogP contribution < -0.4 is 0 Å². The third-order valence-corrected chi connectivity index (χ3v) is 3.72. The number of hydrogen-bond donors (Lipinski definition) is 1. The number of aliphatic hydroxyl groups excluding tert-OH is 1. The summed E-state index contributed by atoms with van der Waals surface area (Å²) < 4.78 is 0. The summed E-state index contributed by atoms with van der Waals surface area (Å²) in [6.07, 6.45) is 14.5. The molecule has 0 aliphatic heterocycles. The summed E-state index contributed by atoms with van der Waals surface area (Å²) in [7, 11) is 0. The van der Waals surface area contributed by atoms with Gasteiger partial charge in [0.1, 0.15) is 0 Å². The second-order valence-corrected chi connectivity index (χ2v) is 5.24. The van der Waals surface area contributed by atoms with Crippen molar-refractivity contribution in [3.05, 3.63) is 0 Å². The lowest BCUT2D eigenvalue weighted by Gasteiger charge is -2.25. The van der Waals surface area contributed by atoms with E-state index < -0.39 is 0 Å². The van der Waals surface area contributed by atoms with E-state index in [9.17, 15) is 5.11 Å². The number of unbranched alkanes of at least 4 members (excludes halogenated alkanes) is 5. The zero-order valence-electron chi connectivity index (χ0n) is 10.4. The predicted octanol–water partition coefficient (Wildman–Crippen LogP) is 4.29. The quantitative estimate of drug-likeness (QED) is 0.624. The highest BCUT2D eigenvalue weighted by molar-refractivity contribution is 4.71. The van der Waals surface area contributed by atoms with Crippen LogP contribution in [0.3, 0.4) is 0 Å². The van der Waals surface area contributed by atoms with Gasteiger partial charge < -0.3 is 5.11 Å². The molecule has 2 atom stereocenters. The minimum Gasteiger partial charge on any atom is -0.393 e. The molecule has 0 aromatic carbocycles. The van der Waals surface area contributed by atoms with Crippen molar-refractivity contribution in [2.75, 3.05) is 0 Å². The SMILES string of the molecule is CCCCCCCCC1CCCC(O)C1. The van der Waals surface area contributed by atoms with Crippen molar-refractivity contribution in [3.8, 4) is 0 Å². The molecule has 1 saturated carbocycles. The molecule has 1 heteroatoms. The molecule has 0 aromatic heterocycles. The van der Waals surface area contributed by atoms with Crippen LogP contribution in [0, 0.1) is 5.92 Å². The smallest absolute Gasteiger partial charge is 0.0542 e. The Morgan fingerprint density at radius 1 is 1.00 bits per heavy atom. The molecule has 0 heterocycles. The molecule has 90 valence electrons. The Hall–Kier alpha value is -0.0400. The van der Waals surface area contributed by atoms with Crippen LogP contribution in [0.5, 0.6) is 0 Å². The van der Waals surface area contributed by atoms with Crippen LogP contribution in [-0.4, -0.2) is 11.2 Å². The maximum atomic E-state index is 9.55. The van der Waals surface area contributed by atoms with E-state index in [0.29, 0.717) is 0 Å². The van der Waals surface area contributed by atoms with Gasteiger partial charge in [-0.1, -0.05) is 64.7 Å². The molecule has 1 aliphatic rings. The van der Waals surface area contributed by atoms with Gasteiger partial charge in [0.15, 0.2) is 0 Å². The molecule has 0 radical (unpaired) electrons. The highest BCUT2D eigenvalue weighted by Gasteiger charge is 2.19. The topological polar surface area (TPSA) is 20.2 Å². The van der Waals surface area contributed by atoms with Gasteiger partial charge in [0, 0.05) is 0 Å². The van der Waals surface area contributed by atoms with Gasteiger partial charge in [-0.3, -0.25) is 0 Å². The summed E-state index contributed by atoms with van der Waals surface area (Å²) in [5.74, 6) is 0.833. The van der Waals surface area contributed by atoms with Gasteiger partial charge in [0.25, 0.3) is 0 Å². The largest absolute Gasteiger partial charge is 0.393 e. The summed E-state index contributed by atoms with van der Waals surface area (Å²) in [5, 5.41) is 9.55. The Labute approximate surface area is 95.3 Å². The number of rotatable bonds is 7. The molecule has 1 rings (SSSR count). The second-order valence-electron chi connectivity index (χ2n) is 5.24. The Kier molecular flexibility index (Phi) is 7.08. The van der Waals surface area contributed by atoms with E-state index in [4.69, 9.17) is 0 Å². The van der Waals surface area contributed by atoms with Gasteiger partial charge in [-0.25, -0.2) is 0 Å². The molecule has 15 heavy (non-hydrogen) atoms. The molecule has 1 aliphatic carbocycles. The van der Waals surface area contributed by atoms with Gasteiger partial charge in [0.2, 0.25) is 0 Å². The lowest BCUT2D eigenvalue weighted by Crippen LogP contribution is -2.19. The van der Waals surface area contributed by atoms with Crippen molar-refractivity contribution < 1.29 is 5.11 Å². The van der Waals surface area contributed by atoms with Crippen molar-refractivity contribution in [1.82, 2.24) is 0 Å². The van der Waals surface area contributed by atoms with E-state index in [1.54, 1.807) is 0 Å². The van der Waals surface area contributed by atoms with E-state index in [-0.39, 0.29) is 6.10 Å². The lowest BCUT2D eigenvalue weighted by atomic mass is 9.84. The van der Waals surface area contributed by atoms with E-state index in [0.717, 1.165) is 18.8 Å². The fraction of sp³-hybridized carbons (Fsp3) is 1.00. The molecular weight excluding hydrogens is 184 g/mol. The summed E-state index contributed by atoms with van der Waals surface area (Å²) in [6, 6.07) is 0. The maximum Gasteiger partial charge on any atom is 0.0542 e. The van der Waals surface area contributed by atoms with Crippen molar-refractivity contribution >= 4 is 0 Å². The molecule has 1 fully saturated rings. The van der Waals surface area contributed by atoms with Crippen LogP contribution in [-0.2, 0) is 0 Å². The Morgan fingerprint density at radius 2 is 1.73 bits per heavy atom. The summed E-state index contributed by atoms with van der Waals surface area (Å²) in [6.45, 7) is 2.27. The Bertz CT molecular complexity index is 144. The van der Waals surface area contributed by atoms with E-state index in [2.05, 4.69) is 6.92 Å². The fourth-order valence-corrected chi connectivity index (χ4v) is 2.74. The van der Waals surface area contributed by atoms with Crippen molar-refractivity contribution in [2.24, 2.45) is 5.92 Å². The van der Waals surface area contributed by atoms with Gasteiger partial charge in [-0.2, -0.15) is 0 Å². The first-order valence-corrected chi connectivity index (χ1v) is 7.01. The molecule has 1 nitrogen and oxygen atoms in total. The molecule has 0 aromatic rings. The van der Waals surface area contributed by atoms with Crippen molar-refractivity contribution in [1.29, 1.82) is 0 Å². The van der Waals surface area contributed by atoms with Crippen molar-refractivity contribution in [2.45, 2.75) is 83.7 Å². The van der Waals surface area contributed by atoms with E-state index >= 15 is 0 Å². The average molecular weight is 212 g/mol. The fourth-order valence-electron chi connectivity index (χ4n) is 2.74. The van der Waals surface area contributed by atoms with Crippen LogP contribution in [0.15, 0.2) is 0 Å². The first-order valence-electron chi connectivity index (χ1n) is 7.01. The minimum absolute atomic E-state index is 0.0174. The summed E-state index contributed by atoms with van der Waals surface area (Å²) in [5.41, 5.74) is 0.